The highest BCUT2D eigenvalue weighted by Crippen LogP contribution is 2.37. The number of hydrogen-bond acceptors (Lipinski definition) is 5. The molecule has 0 saturated heterocycles. The molecule has 0 atom stereocenters. The molecule has 0 bridgehead atoms. The Morgan fingerprint density at radius 3 is 2.66 bits per heavy atom. The SMILES string of the molecule is CCc1sc2nc(Cc3ccccc3OC)[nH]c(=O)c2c1-c1cccc(OC)c1. The van der Waals surface area contributed by atoms with Gasteiger partial charge in [-0.25, -0.2) is 4.98 Å². The van der Waals surface area contributed by atoms with Crippen molar-refractivity contribution in [1.29, 1.82) is 0 Å². The van der Waals surface area contributed by atoms with Crippen LogP contribution in [0, 0.1) is 0 Å². The molecule has 0 aliphatic carbocycles. The third kappa shape index (κ3) is 3.63. The summed E-state index contributed by atoms with van der Waals surface area (Å²) in [7, 11) is 3.29. The van der Waals surface area contributed by atoms with Crippen LogP contribution in [0.5, 0.6) is 11.5 Å². The van der Waals surface area contributed by atoms with E-state index in [4.69, 9.17) is 14.5 Å². The maximum atomic E-state index is 13.1. The first-order valence-electron chi connectivity index (χ1n) is 9.45. The number of aryl methyl sites for hydroxylation is 1. The lowest BCUT2D eigenvalue weighted by molar-refractivity contribution is 0.410. The van der Waals surface area contributed by atoms with Crippen molar-refractivity contribution >= 4 is 21.6 Å². The van der Waals surface area contributed by atoms with E-state index >= 15 is 0 Å². The molecule has 0 unspecified atom stereocenters. The third-order valence-corrected chi connectivity index (χ3v) is 6.14. The van der Waals surface area contributed by atoms with E-state index in [0.29, 0.717) is 17.6 Å². The molecule has 2 heterocycles. The smallest absolute Gasteiger partial charge is 0.260 e. The summed E-state index contributed by atoms with van der Waals surface area (Å²) in [6.45, 7) is 2.10. The minimum atomic E-state index is -0.117. The number of H-pyrrole nitrogens is 1. The molecule has 2 aromatic carbocycles. The van der Waals surface area contributed by atoms with Crippen molar-refractivity contribution in [2.45, 2.75) is 19.8 Å². The highest BCUT2D eigenvalue weighted by molar-refractivity contribution is 7.19. The number of ether oxygens (including phenoxy) is 2. The third-order valence-electron chi connectivity index (χ3n) is 4.91. The second kappa shape index (κ2) is 8.09. The fourth-order valence-corrected chi connectivity index (χ4v) is 4.70. The summed E-state index contributed by atoms with van der Waals surface area (Å²) < 4.78 is 10.8. The Labute approximate surface area is 173 Å². The summed E-state index contributed by atoms with van der Waals surface area (Å²) in [4.78, 5) is 22.7. The Morgan fingerprint density at radius 1 is 1.07 bits per heavy atom. The topological polar surface area (TPSA) is 64.2 Å². The first-order chi connectivity index (χ1) is 14.1. The molecule has 0 aliphatic rings. The van der Waals surface area contributed by atoms with Crippen LogP contribution in [0.25, 0.3) is 21.3 Å². The van der Waals surface area contributed by atoms with Crippen LogP contribution in [0.2, 0.25) is 0 Å². The highest BCUT2D eigenvalue weighted by Gasteiger charge is 2.19. The monoisotopic (exact) mass is 406 g/mol. The summed E-state index contributed by atoms with van der Waals surface area (Å²) >= 11 is 1.58. The van der Waals surface area contributed by atoms with Crippen molar-refractivity contribution in [2.24, 2.45) is 0 Å². The van der Waals surface area contributed by atoms with Crippen molar-refractivity contribution in [1.82, 2.24) is 9.97 Å². The Balaban J connectivity index is 1.85. The number of nitrogens with one attached hydrogen (secondary N) is 1. The summed E-state index contributed by atoms with van der Waals surface area (Å²) in [6, 6.07) is 15.6. The van der Waals surface area contributed by atoms with Gasteiger partial charge in [0.2, 0.25) is 0 Å². The van der Waals surface area contributed by atoms with Crippen LogP contribution in [0.15, 0.2) is 53.3 Å². The Kier molecular flexibility index (Phi) is 5.36. The number of hydrogen-bond donors (Lipinski definition) is 1. The number of aromatic amines is 1. The number of methoxy groups -OCH3 is 2. The van der Waals surface area contributed by atoms with Crippen LogP contribution in [0.3, 0.4) is 0 Å². The van der Waals surface area contributed by atoms with E-state index < -0.39 is 0 Å². The zero-order valence-electron chi connectivity index (χ0n) is 16.6. The average molecular weight is 407 g/mol. The van der Waals surface area contributed by atoms with Crippen LogP contribution in [-0.4, -0.2) is 24.2 Å². The zero-order chi connectivity index (χ0) is 20.4. The van der Waals surface area contributed by atoms with Crippen LogP contribution in [0.1, 0.15) is 23.2 Å². The lowest BCUT2D eigenvalue weighted by atomic mass is 10.0. The van der Waals surface area contributed by atoms with Gasteiger partial charge >= 0.3 is 0 Å². The van der Waals surface area contributed by atoms with Crippen LogP contribution < -0.4 is 15.0 Å². The number of benzene rings is 2. The van der Waals surface area contributed by atoms with Gasteiger partial charge in [-0.15, -0.1) is 11.3 Å². The van der Waals surface area contributed by atoms with Gasteiger partial charge in [0.05, 0.1) is 19.6 Å². The molecule has 0 saturated carbocycles. The van der Waals surface area contributed by atoms with E-state index in [0.717, 1.165) is 44.3 Å². The molecular formula is C23H22N2O3S. The number of para-hydroxylation sites is 1. The number of fused-ring (bicyclic) bond motifs is 1. The molecule has 2 aromatic heterocycles. The maximum absolute atomic E-state index is 13.1. The first-order valence-corrected chi connectivity index (χ1v) is 10.3. The summed E-state index contributed by atoms with van der Waals surface area (Å²) in [6.07, 6.45) is 1.33. The van der Waals surface area contributed by atoms with Crippen molar-refractivity contribution < 1.29 is 9.47 Å². The van der Waals surface area contributed by atoms with Gasteiger partial charge in [-0.1, -0.05) is 37.3 Å². The van der Waals surface area contributed by atoms with Crippen molar-refractivity contribution in [3.05, 3.63) is 75.1 Å². The molecule has 29 heavy (non-hydrogen) atoms. The standard InChI is InChI=1S/C23H22N2O3S/c1-4-18-20(15-9-7-10-16(12-15)27-2)21-22(26)24-19(25-23(21)29-18)13-14-8-5-6-11-17(14)28-3/h5-12H,4,13H2,1-3H3,(H,24,25,26). The molecule has 5 nitrogen and oxygen atoms in total. The molecule has 4 rings (SSSR count). The van der Waals surface area contributed by atoms with Crippen LogP contribution >= 0.6 is 11.3 Å². The summed E-state index contributed by atoms with van der Waals surface area (Å²) in [5, 5.41) is 0.642. The van der Waals surface area contributed by atoms with Crippen LogP contribution in [0.4, 0.5) is 0 Å². The maximum Gasteiger partial charge on any atom is 0.260 e. The minimum absolute atomic E-state index is 0.117. The lowest BCUT2D eigenvalue weighted by Gasteiger charge is -2.08. The molecule has 0 radical (unpaired) electrons. The Hall–Kier alpha value is -3.12. The Bertz CT molecular complexity index is 1230. The molecule has 6 heteroatoms. The second-order valence-corrected chi connectivity index (χ2v) is 7.75. The molecule has 0 aliphatic heterocycles. The predicted molar refractivity (Wildman–Crippen MR) is 117 cm³/mol. The van der Waals surface area contributed by atoms with Gasteiger partial charge in [0.25, 0.3) is 5.56 Å². The van der Waals surface area contributed by atoms with Gasteiger partial charge in [0.15, 0.2) is 0 Å². The van der Waals surface area contributed by atoms with Gasteiger partial charge in [-0.3, -0.25) is 4.79 Å². The molecule has 0 fully saturated rings. The predicted octanol–water partition coefficient (Wildman–Crippen LogP) is 4.82. The first kappa shape index (κ1) is 19.2. The van der Waals surface area contributed by atoms with Crippen molar-refractivity contribution in [3.63, 3.8) is 0 Å². The van der Waals surface area contributed by atoms with E-state index in [-0.39, 0.29) is 5.56 Å². The largest absolute Gasteiger partial charge is 0.497 e. The number of nitrogens with zero attached hydrogens (tertiary/aromatic N) is 1. The van der Waals surface area contributed by atoms with Crippen LogP contribution in [-0.2, 0) is 12.8 Å². The normalized spacial score (nSPS) is 11.0. The zero-order valence-corrected chi connectivity index (χ0v) is 17.4. The quantitative estimate of drug-likeness (QED) is 0.498. The lowest BCUT2D eigenvalue weighted by Crippen LogP contribution is -2.12. The molecule has 4 aromatic rings. The van der Waals surface area contributed by atoms with Gasteiger partial charge in [0.1, 0.15) is 22.2 Å². The fourth-order valence-electron chi connectivity index (χ4n) is 3.54. The van der Waals surface area contributed by atoms with Gasteiger partial charge in [-0.2, -0.15) is 0 Å². The average Bonchev–Trinajstić information content (AvgIpc) is 3.13. The molecule has 1 N–H and O–H groups in total. The number of thiophene rings is 1. The van der Waals surface area contributed by atoms with E-state index in [9.17, 15) is 4.79 Å². The van der Waals surface area contributed by atoms with E-state index in [1.807, 2.05) is 48.5 Å². The molecule has 148 valence electrons. The summed E-state index contributed by atoms with van der Waals surface area (Å²) in [5.41, 5.74) is 2.78. The van der Waals surface area contributed by atoms with E-state index in [1.165, 1.54) is 0 Å². The highest BCUT2D eigenvalue weighted by atomic mass is 32.1. The minimum Gasteiger partial charge on any atom is -0.497 e. The molecule has 0 amide bonds. The number of rotatable bonds is 6. The van der Waals surface area contributed by atoms with Gasteiger partial charge in [0, 0.05) is 22.4 Å². The van der Waals surface area contributed by atoms with Gasteiger partial charge in [-0.05, 0) is 30.2 Å². The van der Waals surface area contributed by atoms with Gasteiger partial charge < -0.3 is 14.5 Å². The molecule has 0 spiro atoms. The summed E-state index contributed by atoms with van der Waals surface area (Å²) in [5.74, 6) is 2.18. The van der Waals surface area contributed by atoms with E-state index in [1.54, 1.807) is 25.6 Å². The number of aromatic nitrogens is 2. The van der Waals surface area contributed by atoms with E-state index in [2.05, 4.69) is 11.9 Å². The van der Waals surface area contributed by atoms with Crippen molar-refractivity contribution in [2.75, 3.05) is 14.2 Å². The fraction of sp³-hybridized carbons (Fsp3) is 0.217. The second-order valence-electron chi connectivity index (χ2n) is 6.67. The van der Waals surface area contributed by atoms with Crippen molar-refractivity contribution in [3.8, 4) is 22.6 Å². The Morgan fingerprint density at radius 2 is 1.90 bits per heavy atom. The molecular weight excluding hydrogens is 384 g/mol.